The van der Waals surface area contributed by atoms with Gasteiger partial charge in [0.25, 0.3) is 0 Å². The maximum absolute atomic E-state index is 12.2. The van der Waals surface area contributed by atoms with Crippen molar-refractivity contribution in [1.29, 1.82) is 0 Å². The predicted octanol–water partition coefficient (Wildman–Crippen LogP) is 2.36. The lowest BCUT2D eigenvalue weighted by Crippen LogP contribution is -2.75. The molecular weight excluding hydrogens is 346 g/mol. The van der Waals surface area contributed by atoms with Crippen LogP contribution in [0, 0.1) is 0 Å². The topological polar surface area (TPSA) is 65.1 Å². The molecule has 1 aromatic carbocycles. The third-order valence-corrected chi connectivity index (χ3v) is 7.16. The number of ether oxygens (including phenoxy) is 3. The Balaban J connectivity index is 1.78. The molecule has 0 N–H and O–H groups in total. The van der Waals surface area contributed by atoms with Crippen LogP contribution >= 0.6 is 0 Å². The van der Waals surface area contributed by atoms with Gasteiger partial charge in [0.1, 0.15) is 11.7 Å². The summed E-state index contributed by atoms with van der Waals surface area (Å²) < 4.78 is 18.2. The Morgan fingerprint density at radius 2 is 2.04 bits per heavy atom. The summed E-state index contributed by atoms with van der Waals surface area (Å²) in [4.78, 5) is 26.1. The monoisotopic (exact) mass is 371 g/mol. The van der Waals surface area contributed by atoms with Crippen molar-refractivity contribution in [2.24, 2.45) is 0 Å². The number of nitrogens with zero attached hydrogens (tertiary/aromatic N) is 1. The molecule has 4 aliphatic rings. The van der Waals surface area contributed by atoms with Gasteiger partial charge in [-0.25, -0.2) is 0 Å². The van der Waals surface area contributed by atoms with Crippen LogP contribution in [0.1, 0.15) is 50.7 Å². The van der Waals surface area contributed by atoms with E-state index in [4.69, 9.17) is 14.2 Å². The molecular formula is C21H25NO5. The molecule has 1 aromatic rings. The Bertz CT molecular complexity index is 851. The SMILES string of the molecule is CC(=O)Oc1ccc2c3c1O[C@H]1CCC[C@@]4(OC(C)=O)[C@@H](C2)N(C)CC[C@]314. The van der Waals surface area contributed by atoms with Crippen LogP contribution in [0.2, 0.25) is 0 Å². The van der Waals surface area contributed by atoms with E-state index in [1.807, 2.05) is 6.07 Å². The van der Waals surface area contributed by atoms with Crippen LogP contribution in [-0.4, -0.2) is 48.2 Å². The molecule has 1 saturated carbocycles. The summed E-state index contributed by atoms with van der Waals surface area (Å²) in [6.45, 7) is 3.84. The van der Waals surface area contributed by atoms with Crippen LogP contribution in [0.3, 0.4) is 0 Å². The predicted molar refractivity (Wildman–Crippen MR) is 96.9 cm³/mol. The molecule has 1 saturated heterocycles. The van der Waals surface area contributed by atoms with E-state index >= 15 is 0 Å². The number of rotatable bonds is 2. The van der Waals surface area contributed by atoms with Gasteiger partial charge in [-0.05, 0) is 57.3 Å². The summed E-state index contributed by atoms with van der Waals surface area (Å²) in [5.74, 6) is 0.585. The second-order valence-electron chi connectivity index (χ2n) is 8.42. The number of benzene rings is 1. The zero-order valence-corrected chi connectivity index (χ0v) is 16.0. The standard InChI is InChI=1S/C21H25NO5/c1-12(23)25-15-7-6-14-11-16-21(27-13(2)24)8-4-5-17-20(21,9-10-22(16)3)18(14)19(15)26-17/h6-7,16-17H,4-5,8-11H2,1-3H3/t16-,17+,20-,21-/m1/s1. The van der Waals surface area contributed by atoms with Crippen LogP contribution in [-0.2, 0) is 26.2 Å². The molecule has 2 bridgehead atoms. The average Bonchev–Trinajstić information content (AvgIpc) is 2.93. The normalized spacial score (nSPS) is 35.8. The molecule has 5 rings (SSSR count). The quantitative estimate of drug-likeness (QED) is 0.587. The fourth-order valence-electron chi connectivity index (χ4n) is 6.40. The number of hydrogen-bond donors (Lipinski definition) is 0. The van der Waals surface area contributed by atoms with Gasteiger partial charge in [-0.3, -0.25) is 14.5 Å². The van der Waals surface area contributed by atoms with Crippen molar-refractivity contribution in [3.05, 3.63) is 23.3 Å². The first kappa shape index (κ1) is 17.0. The van der Waals surface area contributed by atoms with E-state index in [1.54, 1.807) is 0 Å². The van der Waals surface area contributed by atoms with Crippen molar-refractivity contribution in [2.75, 3.05) is 13.6 Å². The van der Waals surface area contributed by atoms with Crippen molar-refractivity contribution in [3.63, 3.8) is 0 Å². The zero-order chi connectivity index (χ0) is 19.0. The number of carbonyl (C=O) groups is 2. The van der Waals surface area contributed by atoms with E-state index in [1.165, 1.54) is 19.4 Å². The van der Waals surface area contributed by atoms with Gasteiger partial charge in [0.05, 0.1) is 11.5 Å². The largest absolute Gasteiger partial charge is 0.485 e. The molecule has 6 nitrogen and oxygen atoms in total. The van der Waals surface area contributed by atoms with E-state index in [2.05, 4.69) is 18.0 Å². The molecule has 2 aliphatic heterocycles. The van der Waals surface area contributed by atoms with Crippen LogP contribution in [0.15, 0.2) is 12.1 Å². The molecule has 0 amide bonds. The van der Waals surface area contributed by atoms with Crippen LogP contribution in [0.4, 0.5) is 0 Å². The van der Waals surface area contributed by atoms with Gasteiger partial charge in [-0.2, -0.15) is 0 Å². The van der Waals surface area contributed by atoms with Crippen LogP contribution in [0.25, 0.3) is 0 Å². The van der Waals surface area contributed by atoms with Crippen molar-refractivity contribution in [3.8, 4) is 11.5 Å². The highest BCUT2D eigenvalue weighted by atomic mass is 16.6. The van der Waals surface area contributed by atoms with E-state index < -0.39 is 5.60 Å². The van der Waals surface area contributed by atoms with Crippen LogP contribution < -0.4 is 9.47 Å². The third kappa shape index (κ3) is 1.99. The Kier molecular flexibility index (Phi) is 3.46. The Morgan fingerprint density at radius 3 is 2.78 bits per heavy atom. The number of carbonyl (C=O) groups excluding carboxylic acids is 2. The first-order valence-electron chi connectivity index (χ1n) is 9.80. The Labute approximate surface area is 158 Å². The fourth-order valence-corrected chi connectivity index (χ4v) is 6.40. The second-order valence-corrected chi connectivity index (χ2v) is 8.42. The molecule has 144 valence electrons. The minimum absolute atomic E-state index is 0.0486. The fraction of sp³-hybridized carbons (Fsp3) is 0.619. The van der Waals surface area contributed by atoms with Crippen LogP contribution in [0.5, 0.6) is 11.5 Å². The lowest BCUT2D eigenvalue weighted by atomic mass is 9.49. The smallest absolute Gasteiger partial charge is 0.308 e. The lowest BCUT2D eigenvalue weighted by Gasteiger charge is -2.63. The van der Waals surface area contributed by atoms with E-state index in [9.17, 15) is 9.59 Å². The Morgan fingerprint density at radius 1 is 1.22 bits per heavy atom. The lowest BCUT2D eigenvalue weighted by molar-refractivity contribution is -0.212. The van der Waals surface area contributed by atoms with Gasteiger partial charge in [-0.15, -0.1) is 0 Å². The molecule has 27 heavy (non-hydrogen) atoms. The van der Waals surface area contributed by atoms with E-state index in [0.29, 0.717) is 11.5 Å². The molecule has 0 radical (unpaired) electrons. The van der Waals surface area contributed by atoms with Gasteiger partial charge < -0.3 is 14.2 Å². The number of esters is 2. The van der Waals surface area contributed by atoms with E-state index in [-0.39, 0.29) is 29.5 Å². The summed E-state index contributed by atoms with van der Waals surface area (Å²) >= 11 is 0. The minimum atomic E-state index is -0.582. The summed E-state index contributed by atoms with van der Waals surface area (Å²) in [6, 6.07) is 4.04. The van der Waals surface area contributed by atoms with Crippen molar-refractivity contribution < 1.29 is 23.8 Å². The molecule has 2 fully saturated rings. The highest BCUT2D eigenvalue weighted by molar-refractivity contribution is 5.73. The van der Waals surface area contributed by atoms with Crippen molar-refractivity contribution in [1.82, 2.24) is 4.90 Å². The van der Waals surface area contributed by atoms with E-state index in [0.717, 1.165) is 44.2 Å². The molecule has 2 aliphatic carbocycles. The highest BCUT2D eigenvalue weighted by Crippen LogP contribution is 2.66. The first-order chi connectivity index (χ1) is 12.9. The van der Waals surface area contributed by atoms with Gasteiger partial charge in [0.15, 0.2) is 11.5 Å². The molecule has 0 aromatic heterocycles. The number of piperidine rings is 1. The maximum atomic E-state index is 12.2. The van der Waals surface area contributed by atoms with Gasteiger partial charge in [0.2, 0.25) is 0 Å². The van der Waals surface area contributed by atoms with Crippen molar-refractivity contribution in [2.45, 2.75) is 69.1 Å². The third-order valence-electron chi connectivity index (χ3n) is 7.16. The summed E-state index contributed by atoms with van der Waals surface area (Å²) in [6.07, 6.45) is 4.36. The molecule has 6 heteroatoms. The van der Waals surface area contributed by atoms with Gasteiger partial charge in [-0.1, -0.05) is 6.07 Å². The molecule has 4 atom stereocenters. The summed E-state index contributed by atoms with van der Waals surface area (Å²) in [5.41, 5.74) is 1.41. The summed E-state index contributed by atoms with van der Waals surface area (Å²) in [7, 11) is 2.13. The highest BCUT2D eigenvalue weighted by Gasteiger charge is 2.73. The zero-order valence-electron chi connectivity index (χ0n) is 16.0. The van der Waals surface area contributed by atoms with Gasteiger partial charge >= 0.3 is 11.9 Å². The van der Waals surface area contributed by atoms with Crippen molar-refractivity contribution >= 4 is 11.9 Å². The molecule has 2 heterocycles. The Hall–Kier alpha value is -2.08. The number of hydrogen-bond acceptors (Lipinski definition) is 6. The minimum Gasteiger partial charge on any atom is -0.485 e. The number of likely N-dealkylation sites (tertiary alicyclic amines) is 1. The second kappa shape index (κ2) is 5.47. The summed E-state index contributed by atoms with van der Waals surface area (Å²) in [5, 5.41) is 0. The first-order valence-corrected chi connectivity index (χ1v) is 9.80. The number of likely N-dealkylation sites (N-methyl/N-ethyl adjacent to an activating group) is 1. The molecule has 0 unspecified atom stereocenters. The average molecular weight is 371 g/mol. The molecule has 1 spiro atoms. The van der Waals surface area contributed by atoms with Gasteiger partial charge in [0, 0.05) is 19.4 Å². The maximum Gasteiger partial charge on any atom is 0.308 e.